The number of hydrogen-bond donors (Lipinski definition) is 0. The highest BCUT2D eigenvalue weighted by Crippen LogP contribution is 2.42. The van der Waals surface area contributed by atoms with Crippen LogP contribution < -0.4 is 4.90 Å². The molecule has 0 fully saturated rings. The average Bonchev–Trinajstić information content (AvgIpc) is 2.95. The summed E-state index contributed by atoms with van der Waals surface area (Å²) in [4.78, 5) is 1.62. The van der Waals surface area contributed by atoms with Crippen LogP contribution >= 0.6 is 15.9 Å². The van der Waals surface area contributed by atoms with Crippen molar-refractivity contribution in [1.82, 2.24) is 0 Å². The summed E-state index contributed by atoms with van der Waals surface area (Å²) in [6.45, 7) is 0. The molecule has 7 rings (SSSR count). The second kappa shape index (κ2) is 8.93. The van der Waals surface area contributed by atoms with E-state index >= 15 is 0 Å². The van der Waals surface area contributed by atoms with Gasteiger partial charge in [0.2, 0.25) is 0 Å². The van der Waals surface area contributed by atoms with E-state index < -0.39 is 11.6 Å². The monoisotopic (exact) mass is 559 g/mol. The highest BCUT2D eigenvalue weighted by Gasteiger charge is 2.19. The molecule has 1 nitrogen and oxygen atoms in total. The summed E-state index contributed by atoms with van der Waals surface area (Å²) in [5.74, 6) is -0.837. The molecule has 0 heterocycles. The van der Waals surface area contributed by atoms with Crippen LogP contribution in [0.25, 0.3) is 43.4 Å². The van der Waals surface area contributed by atoms with Crippen molar-refractivity contribution in [3.63, 3.8) is 0 Å². The van der Waals surface area contributed by atoms with Crippen molar-refractivity contribution in [2.24, 2.45) is 0 Å². The third-order valence-corrected chi connectivity index (χ3v) is 7.93. The SMILES string of the molecule is Fc1ccccc1N(c1ccc(-c2ccc3ccc4c(Br)ccc5ccc2c3c54)cc1)c1ccccc1F. The number of rotatable bonds is 4. The van der Waals surface area contributed by atoms with E-state index in [-0.39, 0.29) is 0 Å². The van der Waals surface area contributed by atoms with Crippen molar-refractivity contribution in [2.75, 3.05) is 4.90 Å². The lowest BCUT2D eigenvalue weighted by Crippen LogP contribution is -2.13. The molecule has 0 unspecified atom stereocenters. The highest BCUT2D eigenvalue weighted by molar-refractivity contribution is 9.10. The predicted molar refractivity (Wildman–Crippen MR) is 158 cm³/mol. The number of nitrogens with zero attached hydrogens (tertiary/aromatic N) is 1. The first kappa shape index (κ1) is 22.9. The third kappa shape index (κ3) is 3.56. The van der Waals surface area contributed by atoms with E-state index in [0.29, 0.717) is 17.1 Å². The van der Waals surface area contributed by atoms with Crippen molar-refractivity contribution < 1.29 is 8.78 Å². The summed E-state index contributed by atoms with van der Waals surface area (Å²) in [7, 11) is 0. The quantitative estimate of drug-likeness (QED) is 0.194. The van der Waals surface area contributed by atoms with Gasteiger partial charge in [-0.1, -0.05) is 94.8 Å². The summed E-state index contributed by atoms with van der Waals surface area (Å²) >= 11 is 3.72. The van der Waals surface area contributed by atoms with Gasteiger partial charge in [0.05, 0.1) is 11.4 Å². The first-order chi connectivity index (χ1) is 18.6. The Labute approximate surface area is 227 Å². The van der Waals surface area contributed by atoms with Gasteiger partial charge in [0.1, 0.15) is 11.6 Å². The van der Waals surface area contributed by atoms with Crippen LogP contribution in [-0.4, -0.2) is 0 Å². The van der Waals surface area contributed by atoms with Crippen LogP contribution in [0.3, 0.4) is 0 Å². The fourth-order valence-corrected chi connectivity index (χ4v) is 5.94. The smallest absolute Gasteiger partial charge is 0.147 e. The number of halogens is 3. The van der Waals surface area contributed by atoms with E-state index in [2.05, 4.69) is 64.5 Å². The molecule has 0 N–H and O–H groups in total. The second-order valence-electron chi connectivity index (χ2n) is 9.37. The molecule has 0 atom stereocenters. The molecule has 0 saturated carbocycles. The molecule has 0 bridgehead atoms. The van der Waals surface area contributed by atoms with Gasteiger partial charge in [0, 0.05) is 10.2 Å². The molecule has 0 aromatic heterocycles. The maximum atomic E-state index is 14.9. The highest BCUT2D eigenvalue weighted by atomic mass is 79.9. The molecule has 7 aromatic rings. The zero-order chi connectivity index (χ0) is 25.8. The van der Waals surface area contributed by atoms with Gasteiger partial charge in [-0.05, 0) is 85.9 Å². The van der Waals surface area contributed by atoms with Gasteiger partial charge >= 0.3 is 0 Å². The van der Waals surface area contributed by atoms with Gasteiger partial charge in [0.15, 0.2) is 0 Å². The second-order valence-corrected chi connectivity index (χ2v) is 10.2. The minimum Gasteiger partial charge on any atom is -0.305 e. The third-order valence-electron chi connectivity index (χ3n) is 7.23. The molecular weight excluding hydrogens is 540 g/mol. The standard InChI is InChI=1S/C34H20BrF2N/c35-28-20-14-23-12-18-26-25(17-11-22-13-19-27(28)34(23)33(22)26)21-9-15-24(16-10-21)38(31-7-3-1-5-29(31)36)32-8-4-2-6-30(32)37/h1-20H. The van der Waals surface area contributed by atoms with Crippen molar-refractivity contribution in [2.45, 2.75) is 0 Å². The lowest BCUT2D eigenvalue weighted by atomic mass is 9.90. The van der Waals surface area contributed by atoms with Crippen molar-refractivity contribution in [3.05, 3.63) is 137 Å². The molecule has 0 aliphatic heterocycles. The van der Waals surface area contributed by atoms with Crippen LogP contribution in [-0.2, 0) is 0 Å². The predicted octanol–water partition coefficient (Wildman–Crippen LogP) is 10.8. The zero-order valence-electron chi connectivity index (χ0n) is 20.1. The van der Waals surface area contributed by atoms with Crippen molar-refractivity contribution >= 4 is 65.3 Å². The Balaban J connectivity index is 1.40. The summed E-state index contributed by atoms with van der Waals surface area (Å²) in [5.41, 5.74) is 3.40. The molecule has 38 heavy (non-hydrogen) atoms. The molecule has 0 aliphatic rings. The molecular formula is C34H20BrF2N. The Bertz CT molecular complexity index is 1920. The molecule has 7 aromatic carbocycles. The van der Waals surface area contributed by atoms with Crippen LogP contribution in [0.5, 0.6) is 0 Å². The van der Waals surface area contributed by atoms with Crippen LogP contribution in [0, 0.1) is 11.6 Å². The van der Waals surface area contributed by atoms with E-state index in [1.165, 1.54) is 44.5 Å². The minimum atomic E-state index is -0.419. The van der Waals surface area contributed by atoms with Crippen LogP contribution in [0.1, 0.15) is 0 Å². The Morgan fingerprint density at radius 1 is 0.500 bits per heavy atom. The summed E-state index contributed by atoms with van der Waals surface area (Å²) in [5, 5.41) is 7.26. The van der Waals surface area contributed by atoms with E-state index in [0.717, 1.165) is 15.6 Å². The van der Waals surface area contributed by atoms with Gasteiger partial charge in [-0.2, -0.15) is 0 Å². The van der Waals surface area contributed by atoms with E-state index in [1.807, 2.05) is 24.3 Å². The first-order valence-corrected chi connectivity index (χ1v) is 13.1. The summed E-state index contributed by atoms with van der Waals surface area (Å²) < 4.78 is 30.9. The Morgan fingerprint density at radius 3 is 1.66 bits per heavy atom. The number of para-hydroxylation sites is 2. The minimum absolute atomic E-state index is 0.290. The first-order valence-electron chi connectivity index (χ1n) is 12.4. The Hall–Kier alpha value is -4.28. The normalized spacial score (nSPS) is 11.6. The summed E-state index contributed by atoms with van der Waals surface area (Å²) in [6, 6.07) is 38.0. The Morgan fingerprint density at radius 2 is 1.03 bits per heavy atom. The van der Waals surface area contributed by atoms with E-state index in [4.69, 9.17) is 0 Å². The molecule has 0 amide bonds. The van der Waals surface area contributed by atoms with Crippen molar-refractivity contribution in [1.29, 1.82) is 0 Å². The molecule has 0 radical (unpaired) electrons. The van der Waals surface area contributed by atoms with Crippen LogP contribution in [0.15, 0.2) is 126 Å². The number of hydrogen-bond acceptors (Lipinski definition) is 1. The molecule has 182 valence electrons. The fourth-order valence-electron chi connectivity index (χ4n) is 5.48. The lowest BCUT2D eigenvalue weighted by molar-refractivity contribution is 0.619. The maximum absolute atomic E-state index is 14.9. The van der Waals surface area contributed by atoms with Crippen LogP contribution in [0.2, 0.25) is 0 Å². The lowest BCUT2D eigenvalue weighted by Gasteiger charge is -2.26. The number of anilines is 3. The van der Waals surface area contributed by atoms with Crippen molar-refractivity contribution in [3.8, 4) is 11.1 Å². The van der Waals surface area contributed by atoms with Crippen LogP contribution in [0.4, 0.5) is 25.8 Å². The fraction of sp³-hybridized carbons (Fsp3) is 0. The molecule has 0 aliphatic carbocycles. The van der Waals surface area contributed by atoms with Gasteiger partial charge < -0.3 is 4.90 Å². The van der Waals surface area contributed by atoms with Gasteiger partial charge in [-0.25, -0.2) is 8.78 Å². The van der Waals surface area contributed by atoms with Gasteiger partial charge in [0.25, 0.3) is 0 Å². The topological polar surface area (TPSA) is 3.24 Å². The molecule has 4 heteroatoms. The van der Waals surface area contributed by atoms with E-state index in [9.17, 15) is 8.78 Å². The average molecular weight is 560 g/mol. The molecule has 0 saturated heterocycles. The van der Waals surface area contributed by atoms with Gasteiger partial charge in [-0.3, -0.25) is 0 Å². The largest absolute Gasteiger partial charge is 0.305 e. The zero-order valence-corrected chi connectivity index (χ0v) is 21.7. The Kier molecular flexibility index (Phi) is 5.38. The van der Waals surface area contributed by atoms with Gasteiger partial charge in [-0.15, -0.1) is 0 Å². The molecule has 0 spiro atoms. The summed E-state index contributed by atoms with van der Waals surface area (Å²) in [6.07, 6.45) is 0. The number of benzene rings is 7. The maximum Gasteiger partial charge on any atom is 0.147 e. The van der Waals surface area contributed by atoms with E-state index in [1.54, 1.807) is 41.3 Å².